The average Bonchev–Trinajstić information content (AvgIpc) is 2.67. The van der Waals surface area contributed by atoms with Crippen molar-refractivity contribution >= 4 is 22.7 Å². The predicted octanol–water partition coefficient (Wildman–Crippen LogP) is 4.00. The smallest absolute Gasteiger partial charge is 0.506 e. The monoisotopic (exact) mass is 368 g/mol. The Kier molecular flexibility index (Phi) is 5.46. The first-order chi connectivity index (χ1) is 13.0. The number of rotatable bonds is 6. The minimum Gasteiger partial charge on any atom is -0.506 e. The van der Waals surface area contributed by atoms with Gasteiger partial charge in [0.2, 0.25) is 0 Å². The number of carbonyl (C=O) groups excluding carboxylic acids is 1. The van der Waals surface area contributed by atoms with Crippen LogP contribution >= 0.6 is 0 Å². The van der Waals surface area contributed by atoms with Crippen LogP contribution < -0.4 is 4.74 Å². The van der Waals surface area contributed by atoms with Gasteiger partial charge in [-0.15, -0.1) is 0 Å². The molecule has 0 bridgehead atoms. The average molecular weight is 368 g/mol. The van der Waals surface area contributed by atoms with Crippen LogP contribution in [0.25, 0.3) is 10.9 Å². The van der Waals surface area contributed by atoms with E-state index in [4.69, 9.17) is 9.47 Å². The highest BCUT2D eigenvalue weighted by atomic mass is 16.7. The predicted molar refractivity (Wildman–Crippen MR) is 96.8 cm³/mol. The van der Waals surface area contributed by atoms with Gasteiger partial charge in [0.25, 0.3) is 5.69 Å². The zero-order valence-corrected chi connectivity index (χ0v) is 14.2. The van der Waals surface area contributed by atoms with Crippen molar-refractivity contribution in [1.82, 2.24) is 4.98 Å². The molecule has 0 unspecified atom stereocenters. The molecular weight excluding hydrogens is 352 g/mol. The number of phenolic OH excluding ortho intramolecular Hbond substituents is 1. The van der Waals surface area contributed by atoms with E-state index in [1.165, 1.54) is 24.3 Å². The van der Waals surface area contributed by atoms with E-state index < -0.39 is 11.1 Å². The van der Waals surface area contributed by atoms with E-state index in [0.717, 1.165) is 10.9 Å². The summed E-state index contributed by atoms with van der Waals surface area (Å²) in [6, 6.07) is 12.2. The molecule has 0 amide bonds. The SMILES string of the molecule is O=C(OCCCc1ccc(O)c2ncccc12)Oc1ccc([N+](=O)[O-])cc1. The molecule has 0 aliphatic rings. The Balaban J connectivity index is 1.49. The number of phenols is 1. The number of aromatic nitrogens is 1. The molecule has 2 aromatic carbocycles. The van der Waals surface area contributed by atoms with Crippen LogP contribution in [-0.4, -0.2) is 27.8 Å². The molecule has 3 aromatic rings. The fraction of sp³-hybridized carbons (Fsp3) is 0.158. The van der Waals surface area contributed by atoms with Gasteiger partial charge in [0, 0.05) is 23.7 Å². The molecule has 0 saturated carbocycles. The summed E-state index contributed by atoms with van der Waals surface area (Å²) in [6.07, 6.45) is 1.93. The molecule has 0 aliphatic heterocycles. The van der Waals surface area contributed by atoms with Crippen molar-refractivity contribution in [3.63, 3.8) is 0 Å². The molecule has 0 atom stereocenters. The highest BCUT2D eigenvalue weighted by molar-refractivity contribution is 5.87. The van der Waals surface area contributed by atoms with Gasteiger partial charge in [0.05, 0.1) is 11.5 Å². The van der Waals surface area contributed by atoms with E-state index >= 15 is 0 Å². The van der Waals surface area contributed by atoms with E-state index in [1.54, 1.807) is 18.3 Å². The summed E-state index contributed by atoms with van der Waals surface area (Å²) in [4.78, 5) is 25.9. The number of hydrogen-bond acceptors (Lipinski definition) is 7. The van der Waals surface area contributed by atoms with Crippen LogP contribution in [-0.2, 0) is 11.2 Å². The Bertz CT molecular complexity index is 972. The number of aromatic hydroxyl groups is 1. The second kappa shape index (κ2) is 8.13. The summed E-state index contributed by atoms with van der Waals surface area (Å²) < 4.78 is 9.98. The van der Waals surface area contributed by atoms with Gasteiger partial charge in [-0.1, -0.05) is 12.1 Å². The molecule has 8 nitrogen and oxygen atoms in total. The maximum absolute atomic E-state index is 11.7. The number of nitro groups is 1. The molecule has 0 aliphatic carbocycles. The zero-order chi connectivity index (χ0) is 19.2. The Morgan fingerprint density at radius 3 is 2.67 bits per heavy atom. The molecular formula is C19H16N2O6. The van der Waals surface area contributed by atoms with Gasteiger partial charge >= 0.3 is 6.16 Å². The minimum absolute atomic E-state index is 0.0914. The Hall–Kier alpha value is -3.68. The number of non-ortho nitro benzene ring substituents is 1. The molecule has 1 heterocycles. The quantitative estimate of drug-likeness (QED) is 0.230. The molecule has 8 heteroatoms. The molecule has 138 valence electrons. The topological polar surface area (TPSA) is 112 Å². The molecule has 3 rings (SSSR count). The molecule has 0 radical (unpaired) electrons. The van der Waals surface area contributed by atoms with Gasteiger partial charge in [-0.25, -0.2) is 4.79 Å². The zero-order valence-electron chi connectivity index (χ0n) is 14.2. The first-order valence-corrected chi connectivity index (χ1v) is 8.19. The minimum atomic E-state index is -0.874. The van der Waals surface area contributed by atoms with Crippen molar-refractivity contribution in [3.8, 4) is 11.5 Å². The molecule has 0 spiro atoms. The van der Waals surface area contributed by atoms with E-state index in [9.17, 15) is 20.0 Å². The van der Waals surface area contributed by atoms with Crippen molar-refractivity contribution in [3.05, 3.63) is 70.4 Å². The standard InChI is InChI=1S/C19H16N2O6/c22-17-10-5-13(16-4-1-11-20-18(16)17)3-2-12-26-19(23)27-15-8-6-14(7-9-15)21(24)25/h1,4-11,22H,2-3,12H2. The van der Waals surface area contributed by atoms with Crippen LogP contribution in [0.3, 0.4) is 0 Å². The van der Waals surface area contributed by atoms with Crippen molar-refractivity contribution in [2.45, 2.75) is 12.8 Å². The number of carbonyl (C=O) groups is 1. The van der Waals surface area contributed by atoms with Gasteiger partial charge in [-0.3, -0.25) is 15.1 Å². The highest BCUT2D eigenvalue weighted by Crippen LogP contribution is 2.26. The number of hydrogen-bond donors (Lipinski definition) is 1. The van der Waals surface area contributed by atoms with E-state index in [1.807, 2.05) is 12.1 Å². The molecule has 1 aromatic heterocycles. The van der Waals surface area contributed by atoms with Crippen LogP contribution in [0, 0.1) is 10.1 Å². The molecule has 0 saturated heterocycles. The second-order valence-corrected chi connectivity index (χ2v) is 5.70. The lowest BCUT2D eigenvalue weighted by Crippen LogP contribution is -2.12. The van der Waals surface area contributed by atoms with Crippen LogP contribution in [0.2, 0.25) is 0 Å². The fourth-order valence-corrected chi connectivity index (χ4v) is 2.61. The highest BCUT2D eigenvalue weighted by Gasteiger charge is 2.10. The summed E-state index contributed by atoms with van der Waals surface area (Å²) in [7, 11) is 0. The number of benzene rings is 2. The summed E-state index contributed by atoms with van der Waals surface area (Å²) in [6.45, 7) is 0.147. The van der Waals surface area contributed by atoms with Crippen molar-refractivity contribution in [2.24, 2.45) is 0 Å². The van der Waals surface area contributed by atoms with Crippen molar-refractivity contribution in [2.75, 3.05) is 6.61 Å². The Morgan fingerprint density at radius 1 is 1.15 bits per heavy atom. The largest absolute Gasteiger partial charge is 0.513 e. The second-order valence-electron chi connectivity index (χ2n) is 5.70. The van der Waals surface area contributed by atoms with Gasteiger partial charge in [-0.05, 0) is 42.7 Å². The lowest BCUT2D eigenvalue weighted by atomic mass is 10.0. The number of pyridine rings is 1. The van der Waals surface area contributed by atoms with E-state index in [0.29, 0.717) is 18.4 Å². The summed E-state index contributed by atoms with van der Waals surface area (Å²) in [5, 5.41) is 21.3. The number of ether oxygens (including phenoxy) is 2. The first kappa shape index (κ1) is 18.1. The van der Waals surface area contributed by atoms with Crippen LogP contribution in [0.5, 0.6) is 11.5 Å². The lowest BCUT2D eigenvalue weighted by Gasteiger charge is -2.08. The normalized spacial score (nSPS) is 10.5. The molecule has 1 N–H and O–H groups in total. The van der Waals surface area contributed by atoms with Crippen LogP contribution in [0.15, 0.2) is 54.7 Å². The van der Waals surface area contributed by atoms with Gasteiger partial charge in [-0.2, -0.15) is 0 Å². The maximum Gasteiger partial charge on any atom is 0.513 e. The Labute approximate surface area is 154 Å². The number of nitrogens with zero attached hydrogens (tertiary/aromatic N) is 2. The summed E-state index contributed by atoms with van der Waals surface area (Å²) >= 11 is 0. The molecule has 0 fully saturated rings. The number of aryl methyl sites for hydroxylation is 1. The third kappa shape index (κ3) is 4.49. The lowest BCUT2D eigenvalue weighted by molar-refractivity contribution is -0.384. The van der Waals surface area contributed by atoms with E-state index in [-0.39, 0.29) is 23.8 Å². The first-order valence-electron chi connectivity index (χ1n) is 8.19. The van der Waals surface area contributed by atoms with E-state index in [2.05, 4.69) is 4.98 Å². The van der Waals surface area contributed by atoms with Crippen LogP contribution in [0.4, 0.5) is 10.5 Å². The summed E-state index contributed by atoms with van der Waals surface area (Å²) in [5.74, 6) is 0.290. The van der Waals surface area contributed by atoms with Crippen molar-refractivity contribution < 1.29 is 24.3 Å². The number of nitro benzene ring substituents is 1. The number of fused-ring (bicyclic) bond motifs is 1. The van der Waals surface area contributed by atoms with Crippen LogP contribution in [0.1, 0.15) is 12.0 Å². The van der Waals surface area contributed by atoms with Crippen molar-refractivity contribution in [1.29, 1.82) is 0 Å². The fourth-order valence-electron chi connectivity index (χ4n) is 2.61. The third-order valence-electron chi connectivity index (χ3n) is 3.90. The van der Waals surface area contributed by atoms with Gasteiger partial charge < -0.3 is 14.6 Å². The third-order valence-corrected chi connectivity index (χ3v) is 3.90. The maximum atomic E-state index is 11.7. The summed E-state index contributed by atoms with van der Waals surface area (Å²) in [5.41, 5.74) is 1.43. The van der Waals surface area contributed by atoms with Gasteiger partial charge in [0.15, 0.2) is 0 Å². The Morgan fingerprint density at radius 2 is 1.93 bits per heavy atom. The molecule has 27 heavy (non-hydrogen) atoms. The van der Waals surface area contributed by atoms with Gasteiger partial charge in [0.1, 0.15) is 17.0 Å².